The maximum atomic E-state index is 11.4. The molecule has 1 aliphatic carbocycles. The summed E-state index contributed by atoms with van der Waals surface area (Å²) in [6.45, 7) is 0. The van der Waals surface area contributed by atoms with Crippen molar-refractivity contribution in [3.63, 3.8) is 0 Å². The molecule has 1 fully saturated rings. The van der Waals surface area contributed by atoms with E-state index in [2.05, 4.69) is 9.97 Å². The molecule has 1 aliphatic rings. The van der Waals surface area contributed by atoms with Crippen molar-refractivity contribution in [2.24, 2.45) is 5.41 Å². The molecule has 4 nitrogen and oxygen atoms in total. The Morgan fingerprint density at radius 3 is 2.44 bits per heavy atom. The van der Waals surface area contributed by atoms with Crippen molar-refractivity contribution < 1.29 is 9.90 Å². The van der Waals surface area contributed by atoms with Crippen LogP contribution in [0.25, 0.3) is 0 Å². The van der Waals surface area contributed by atoms with Crippen molar-refractivity contribution >= 4 is 5.97 Å². The molecule has 0 bridgehead atoms. The number of aliphatic carboxylic acids is 1. The lowest BCUT2D eigenvalue weighted by molar-refractivity contribution is -0.151. The van der Waals surface area contributed by atoms with Gasteiger partial charge in [-0.05, 0) is 18.9 Å². The summed E-state index contributed by atoms with van der Waals surface area (Å²) in [5.41, 5.74) is -0.625. The third-order valence-electron chi connectivity index (χ3n) is 3.38. The first-order valence-corrected chi connectivity index (χ1v) is 5.72. The molecule has 0 amide bonds. The smallest absolute Gasteiger partial charge is 0.310 e. The van der Waals surface area contributed by atoms with E-state index in [1.54, 1.807) is 18.5 Å². The normalized spacial score (nSPS) is 19.2. The number of carboxylic acids is 1. The molecule has 16 heavy (non-hydrogen) atoms. The second-order valence-corrected chi connectivity index (χ2v) is 4.49. The molecular weight excluding hydrogens is 204 g/mol. The Kier molecular flexibility index (Phi) is 3.17. The number of aromatic nitrogens is 2. The summed E-state index contributed by atoms with van der Waals surface area (Å²) in [4.78, 5) is 19.7. The van der Waals surface area contributed by atoms with Gasteiger partial charge in [0.1, 0.15) is 5.82 Å². The molecule has 86 valence electrons. The fraction of sp³-hybridized carbons (Fsp3) is 0.583. The summed E-state index contributed by atoms with van der Waals surface area (Å²) < 4.78 is 0. The fourth-order valence-electron chi connectivity index (χ4n) is 2.42. The van der Waals surface area contributed by atoms with Crippen LogP contribution in [0.5, 0.6) is 0 Å². The second kappa shape index (κ2) is 4.60. The highest BCUT2D eigenvalue weighted by atomic mass is 16.4. The summed E-state index contributed by atoms with van der Waals surface area (Å²) in [5, 5.41) is 9.39. The zero-order chi connectivity index (χ0) is 11.4. The Labute approximate surface area is 94.7 Å². The van der Waals surface area contributed by atoms with Crippen molar-refractivity contribution in [3.05, 3.63) is 24.3 Å². The molecule has 1 heterocycles. The first-order chi connectivity index (χ1) is 7.73. The number of hydrogen-bond acceptors (Lipinski definition) is 3. The van der Waals surface area contributed by atoms with Crippen LogP contribution in [0.3, 0.4) is 0 Å². The van der Waals surface area contributed by atoms with Gasteiger partial charge >= 0.3 is 5.97 Å². The van der Waals surface area contributed by atoms with E-state index in [-0.39, 0.29) is 0 Å². The minimum Gasteiger partial charge on any atom is -0.481 e. The highest BCUT2D eigenvalue weighted by Crippen LogP contribution is 2.38. The van der Waals surface area contributed by atoms with E-state index in [1.807, 2.05) is 0 Å². The van der Waals surface area contributed by atoms with Crippen LogP contribution >= 0.6 is 0 Å². The molecule has 1 aromatic heterocycles. The van der Waals surface area contributed by atoms with Crippen LogP contribution in [0.2, 0.25) is 0 Å². The van der Waals surface area contributed by atoms with Crippen molar-refractivity contribution in [2.45, 2.75) is 38.5 Å². The Hall–Kier alpha value is -1.45. The van der Waals surface area contributed by atoms with Crippen LogP contribution < -0.4 is 0 Å². The molecule has 1 saturated carbocycles. The summed E-state index contributed by atoms with van der Waals surface area (Å²) >= 11 is 0. The van der Waals surface area contributed by atoms with E-state index in [0.717, 1.165) is 32.1 Å². The first-order valence-electron chi connectivity index (χ1n) is 5.72. The highest BCUT2D eigenvalue weighted by Gasteiger charge is 2.40. The molecule has 0 aliphatic heterocycles. The van der Waals surface area contributed by atoms with E-state index >= 15 is 0 Å². The Bertz CT molecular complexity index is 359. The number of carboxylic acid groups (broad SMARTS) is 1. The molecule has 0 aromatic carbocycles. The average Bonchev–Trinajstić information content (AvgIpc) is 2.31. The van der Waals surface area contributed by atoms with E-state index < -0.39 is 11.4 Å². The molecular formula is C12H16N2O2. The zero-order valence-corrected chi connectivity index (χ0v) is 9.22. The van der Waals surface area contributed by atoms with Gasteiger partial charge in [-0.3, -0.25) is 4.79 Å². The van der Waals surface area contributed by atoms with Crippen LogP contribution in [0, 0.1) is 5.41 Å². The molecule has 4 heteroatoms. The summed E-state index contributed by atoms with van der Waals surface area (Å²) in [7, 11) is 0. The minimum atomic E-state index is -0.695. The predicted molar refractivity (Wildman–Crippen MR) is 58.9 cm³/mol. The fourth-order valence-corrected chi connectivity index (χ4v) is 2.42. The van der Waals surface area contributed by atoms with Crippen LogP contribution in [-0.2, 0) is 11.2 Å². The molecule has 0 atom stereocenters. The van der Waals surface area contributed by atoms with Gasteiger partial charge in [0.15, 0.2) is 0 Å². The minimum absolute atomic E-state index is 0.461. The monoisotopic (exact) mass is 220 g/mol. The third-order valence-corrected chi connectivity index (χ3v) is 3.38. The van der Waals surface area contributed by atoms with Crippen LogP contribution in [0.1, 0.15) is 37.9 Å². The van der Waals surface area contributed by atoms with Gasteiger partial charge in [-0.2, -0.15) is 0 Å². The maximum Gasteiger partial charge on any atom is 0.310 e. The molecule has 1 aromatic rings. The summed E-state index contributed by atoms with van der Waals surface area (Å²) in [5.74, 6) is -0.0496. The van der Waals surface area contributed by atoms with Gasteiger partial charge in [0.2, 0.25) is 0 Å². The Balaban J connectivity index is 2.17. The number of hydrogen-bond donors (Lipinski definition) is 1. The first kappa shape index (κ1) is 11.0. The summed E-state index contributed by atoms with van der Waals surface area (Å²) in [6, 6.07) is 1.75. The lowest BCUT2D eigenvalue weighted by Gasteiger charge is -2.32. The molecule has 0 spiro atoms. The van der Waals surface area contributed by atoms with Crippen molar-refractivity contribution in [3.8, 4) is 0 Å². The van der Waals surface area contributed by atoms with Gasteiger partial charge in [0, 0.05) is 18.8 Å². The van der Waals surface area contributed by atoms with E-state index in [9.17, 15) is 9.90 Å². The van der Waals surface area contributed by atoms with Crippen molar-refractivity contribution in [1.29, 1.82) is 0 Å². The van der Waals surface area contributed by atoms with Gasteiger partial charge in [0.05, 0.1) is 5.41 Å². The van der Waals surface area contributed by atoms with Crippen LogP contribution in [-0.4, -0.2) is 21.0 Å². The largest absolute Gasteiger partial charge is 0.481 e. The molecule has 0 radical (unpaired) electrons. The van der Waals surface area contributed by atoms with Gasteiger partial charge < -0.3 is 5.11 Å². The van der Waals surface area contributed by atoms with Gasteiger partial charge in [-0.15, -0.1) is 0 Å². The Morgan fingerprint density at radius 1 is 1.25 bits per heavy atom. The zero-order valence-electron chi connectivity index (χ0n) is 9.22. The number of carbonyl (C=O) groups is 1. The number of nitrogens with zero attached hydrogens (tertiary/aromatic N) is 2. The topological polar surface area (TPSA) is 63.1 Å². The van der Waals surface area contributed by atoms with Crippen molar-refractivity contribution in [1.82, 2.24) is 9.97 Å². The van der Waals surface area contributed by atoms with E-state index in [4.69, 9.17) is 0 Å². The van der Waals surface area contributed by atoms with Gasteiger partial charge in [-0.25, -0.2) is 9.97 Å². The quantitative estimate of drug-likeness (QED) is 0.846. The molecule has 0 saturated heterocycles. The van der Waals surface area contributed by atoms with E-state index in [0.29, 0.717) is 12.2 Å². The second-order valence-electron chi connectivity index (χ2n) is 4.49. The SMILES string of the molecule is O=C(O)C1(Cc2ncccn2)CCCCC1. The lowest BCUT2D eigenvalue weighted by atomic mass is 9.71. The van der Waals surface area contributed by atoms with E-state index in [1.165, 1.54) is 0 Å². The van der Waals surface area contributed by atoms with Crippen LogP contribution in [0.4, 0.5) is 0 Å². The molecule has 0 unspecified atom stereocenters. The lowest BCUT2D eigenvalue weighted by Crippen LogP contribution is -2.36. The van der Waals surface area contributed by atoms with Gasteiger partial charge in [-0.1, -0.05) is 19.3 Å². The summed E-state index contributed by atoms with van der Waals surface area (Å²) in [6.07, 6.45) is 8.44. The third kappa shape index (κ3) is 2.21. The molecule has 1 N–H and O–H groups in total. The molecule has 2 rings (SSSR count). The predicted octanol–water partition coefficient (Wildman–Crippen LogP) is 2.05. The average molecular weight is 220 g/mol. The highest BCUT2D eigenvalue weighted by molar-refractivity contribution is 5.75. The number of rotatable bonds is 3. The Morgan fingerprint density at radius 2 is 1.88 bits per heavy atom. The standard InChI is InChI=1S/C12H16N2O2/c15-11(16)12(5-2-1-3-6-12)9-10-13-7-4-8-14-10/h4,7-8H,1-3,5-6,9H2,(H,15,16). The van der Waals surface area contributed by atoms with Crippen molar-refractivity contribution in [2.75, 3.05) is 0 Å². The van der Waals surface area contributed by atoms with Crippen LogP contribution in [0.15, 0.2) is 18.5 Å². The van der Waals surface area contributed by atoms with Gasteiger partial charge in [0.25, 0.3) is 0 Å². The maximum absolute atomic E-state index is 11.4.